The second-order valence-corrected chi connectivity index (χ2v) is 9.90. The van der Waals surface area contributed by atoms with Gasteiger partial charge in [-0.05, 0) is 53.0 Å². The van der Waals surface area contributed by atoms with Gasteiger partial charge >= 0.3 is 0 Å². The van der Waals surface area contributed by atoms with Gasteiger partial charge in [-0.25, -0.2) is 8.42 Å². The second-order valence-electron chi connectivity index (χ2n) is 6.89. The van der Waals surface area contributed by atoms with E-state index in [1.54, 1.807) is 35.2 Å². The summed E-state index contributed by atoms with van der Waals surface area (Å²) in [5.41, 5.74) is 0.438. The predicted octanol–water partition coefficient (Wildman–Crippen LogP) is 4.05. The van der Waals surface area contributed by atoms with E-state index in [2.05, 4.69) is 22.9 Å². The molecule has 1 aromatic carbocycles. The lowest BCUT2D eigenvalue weighted by atomic mass is 10.1. The highest BCUT2D eigenvalue weighted by molar-refractivity contribution is 9.10. The molecule has 0 saturated carbocycles. The zero-order valence-corrected chi connectivity index (χ0v) is 18.2. The molecule has 0 aliphatic carbocycles. The standard InChI is InChI=1S/C20H24BrNO5S/c1-2-3-11-26-18-7-5-4-6-17(18)20(23)22(13-16-8-9-19(21)27-16)15-10-12-28(24,25)14-15/h4-9,15H,2-3,10-14H2,1H3. The number of carbonyl (C=O) groups is 1. The molecule has 1 atom stereocenters. The van der Waals surface area contributed by atoms with Crippen LogP contribution in [0.25, 0.3) is 0 Å². The number of sulfone groups is 1. The molecule has 1 aliphatic rings. The van der Waals surface area contributed by atoms with Crippen LogP contribution in [0.15, 0.2) is 45.5 Å². The third kappa shape index (κ3) is 5.17. The first-order chi connectivity index (χ1) is 13.4. The number of furan rings is 1. The maximum Gasteiger partial charge on any atom is 0.258 e. The van der Waals surface area contributed by atoms with Crippen LogP contribution >= 0.6 is 15.9 Å². The summed E-state index contributed by atoms with van der Waals surface area (Å²) in [5, 5.41) is 0. The highest BCUT2D eigenvalue weighted by Gasteiger charge is 2.36. The van der Waals surface area contributed by atoms with Crippen molar-refractivity contribution in [1.29, 1.82) is 0 Å². The third-order valence-corrected chi connectivity index (χ3v) is 6.91. The molecule has 0 spiro atoms. The second kappa shape index (κ2) is 9.13. The molecule has 1 aliphatic heterocycles. The minimum Gasteiger partial charge on any atom is -0.493 e. The lowest BCUT2D eigenvalue weighted by Crippen LogP contribution is -2.40. The first-order valence-electron chi connectivity index (χ1n) is 9.37. The summed E-state index contributed by atoms with van der Waals surface area (Å²) in [5.74, 6) is 0.931. The highest BCUT2D eigenvalue weighted by Crippen LogP contribution is 2.27. The summed E-state index contributed by atoms with van der Waals surface area (Å²) in [6, 6.07) is 10.3. The van der Waals surface area contributed by atoms with Crippen molar-refractivity contribution in [2.45, 2.75) is 38.8 Å². The van der Waals surface area contributed by atoms with Gasteiger partial charge in [-0.2, -0.15) is 0 Å². The summed E-state index contributed by atoms with van der Waals surface area (Å²) >= 11 is 3.27. The monoisotopic (exact) mass is 469 g/mol. The number of benzene rings is 1. The average molecular weight is 470 g/mol. The Balaban J connectivity index is 1.88. The summed E-state index contributed by atoms with van der Waals surface area (Å²) in [6.45, 7) is 2.81. The molecule has 6 nitrogen and oxygen atoms in total. The molecular weight excluding hydrogens is 446 g/mol. The number of hydrogen-bond acceptors (Lipinski definition) is 5. The molecule has 152 valence electrons. The lowest BCUT2D eigenvalue weighted by Gasteiger charge is -2.28. The van der Waals surface area contributed by atoms with Crippen LogP contribution in [0.1, 0.15) is 42.3 Å². The molecule has 2 aromatic rings. The fourth-order valence-corrected chi connectivity index (χ4v) is 5.31. The Morgan fingerprint density at radius 3 is 2.71 bits per heavy atom. The van der Waals surface area contributed by atoms with E-state index >= 15 is 0 Å². The number of rotatable bonds is 8. The van der Waals surface area contributed by atoms with Gasteiger partial charge in [0.1, 0.15) is 11.5 Å². The smallest absolute Gasteiger partial charge is 0.258 e. The van der Waals surface area contributed by atoms with Crippen LogP contribution in [-0.4, -0.2) is 43.4 Å². The Morgan fingerprint density at radius 1 is 1.29 bits per heavy atom. The minimum atomic E-state index is -3.14. The van der Waals surface area contributed by atoms with Crippen molar-refractivity contribution in [2.24, 2.45) is 0 Å². The molecule has 1 amide bonds. The van der Waals surface area contributed by atoms with Crippen LogP contribution in [0.3, 0.4) is 0 Å². The Morgan fingerprint density at radius 2 is 2.07 bits per heavy atom. The van der Waals surface area contributed by atoms with Crippen LogP contribution in [0.5, 0.6) is 5.75 Å². The normalized spacial score (nSPS) is 18.1. The van der Waals surface area contributed by atoms with Crippen molar-refractivity contribution in [3.05, 3.63) is 52.4 Å². The van der Waals surface area contributed by atoms with Crippen molar-refractivity contribution in [1.82, 2.24) is 4.90 Å². The van der Waals surface area contributed by atoms with E-state index in [-0.39, 0.29) is 30.0 Å². The SMILES string of the molecule is CCCCOc1ccccc1C(=O)N(Cc1ccc(Br)o1)C1CCS(=O)(=O)C1. The number of amides is 1. The maximum atomic E-state index is 13.4. The van der Waals surface area contributed by atoms with Gasteiger partial charge in [0.05, 0.1) is 30.2 Å². The van der Waals surface area contributed by atoms with E-state index in [4.69, 9.17) is 9.15 Å². The maximum absolute atomic E-state index is 13.4. The molecule has 0 bridgehead atoms. The number of unbranched alkanes of at least 4 members (excludes halogenated alkanes) is 1. The predicted molar refractivity (Wildman–Crippen MR) is 110 cm³/mol. The van der Waals surface area contributed by atoms with E-state index in [9.17, 15) is 13.2 Å². The lowest BCUT2D eigenvalue weighted by molar-refractivity contribution is 0.0661. The minimum absolute atomic E-state index is 0.0283. The van der Waals surface area contributed by atoms with Gasteiger partial charge < -0.3 is 14.1 Å². The van der Waals surface area contributed by atoms with Crippen molar-refractivity contribution < 1.29 is 22.4 Å². The Labute approximate surface area is 173 Å². The number of nitrogens with zero attached hydrogens (tertiary/aromatic N) is 1. The van der Waals surface area contributed by atoms with Crippen molar-refractivity contribution in [3.8, 4) is 5.75 Å². The molecular formula is C20H24BrNO5S. The Hall–Kier alpha value is -1.80. The molecule has 0 radical (unpaired) electrons. The largest absolute Gasteiger partial charge is 0.493 e. The number of carbonyl (C=O) groups excluding carboxylic acids is 1. The number of halogens is 1. The molecule has 3 rings (SSSR count). The van der Waals surface area contributed by atoms with Gasteiger partial charge in [-0.1, -0.05) is 25.5 Å². The van der Waals surface area contributed by atoms with E-state index in [0.717, 1.165) is 12.8 Å². The van der Waals surface area contributed by atoms with Gasteiger partial charge in [0.25, 0.3) is 5.91 Å². The summed E-state index contributed by atoms with van der Waals surface area (Å²) in [7, 11) is -3.14. The number of ether oxygens (including phenoxy) is 1. The van der Waals surface area contributed by atoms with Gasteiger partial charge in [0, 0.05) is 6.04 Å². The van der Waals surface area contributed by atoms with Crippen molar-refractivity contribution in [3.63, 3.8) is 0 Å². The van der Waals surface area contributed by atoms with Crippen LogP contribution in [0, 0.1) is 0 Å². The van der Waals surface area contributed by atoms with Crippen molar-refractivity contribution in [2.75, 3.05) is 18.1 Å². The fraction of sp³-hybridized carbons (Fsp3) is 0.450. The van der Waals surface area contributed by atoms with Gasteiger partial charge in [-0.15, -0.1) is 0 Å². The van der Waals surface area contributed by atoms with Crippen molar-refractivity contribution >= 4 is 31.7 Å². The van der Waals surface area contributed by atoms with Gasteiger partial charge in [0.15, 0.2) is 14.5 Å². The van der Waals surface area contributed by atoms with Gasteiger partial charge in [-0.3, -0.25) is 4.79 Å². The first-order valence-corrected chi connectivity index (χ1v) is 12.0. The first kappa shape index (κ1) is 20.9. The zero-order valence-electron chi connectivity index (χ0n) is 15.8. The number of para-hydroxylation sites is 1. The summed E-state index contributed by atoms with van der Waals surface area (Å²) < 4.78 is 36.0. The zero-order chi connectivity index (χ0) is 20.1. The topological polar surface area (TPSA) is 76.8 Å². The van der Waals surface area contributed by atoms with Crippen LogP contribution in [0.4, 0.5) is 0 Å². The number of hydrogen-bond donors (Lipinski definition) is 0. The average Bonchev–Trinajstić information content (AvgIpc) is 3.24. The molecule has 2 heterocycles. The van der Waals surface area contributed by atoms with Crippen LogP contribution < -0.4 is 4.74 Å². The van der Waals surface area contributed by atoms with E-state index in [1.165, 1.54) is 0 Å². The summed E-state index contributed by atoms with van der Waals surface area (Å²) in [4.78, 5) is 15.0. The van der Waals surface area contributed by atoms with E-state index in [0.29, 0.717) is 34.8 Å². The third-order valence-electron chi connectivity index (χ3n) is 4.74. The molecule has 0 N–H and O–H groups in total. The van der Waals surface area contributed by atoms with Gasteiger partial charge in [0.2, 0.25) is 0 Å². The molecule has 1 fully saturated rings. The molecule has 1 aromatic heterocycles. The van der Waals surface area contributed by atoms with E-state index in [1.807, 2.05) is 6.07 Å². The molecule has 28 heavy (non-hydrogen) atoms. The highest BCUT2D eigenvalue weighted by atomic mass is 79.9. The Bertz CT molecular complexity index is 924. The Kier molecular flexibility index (Phi) is 6.82. The van der Waals surface area contributed by atoms with E-state index < -0.39 is 9.84 Å². The quantitative estimate of drug-likeness (QED) is 0.544. The molecule has 1 saturated heterocycles. The summed E-state index contributed by atoms with van der Waals surface area (Å²) in [6.07, 6.45) is 2.32. The fourth-order valence-electron chi connectivity index (χ4n) is 3.24. The van der Waals surface area contributed by atoms with Crippen LogP contribution in [0.2, 0.25) is 0 Å². The molecule has 1 unspecified atom stereocenters. The van der Waals surface area contributed by atoms with Crippen LogP contribution in [-0.2, 0) is 16.4 Å². The molecule has 8 heteroatoms.